The first-order valence-electron chi connectivity index (χ1n) is 8.87. The number of hydrogen-bond acceptors (Lipinski definition) is 5. The van der Waals surface area contributed by atoms with E-state index in [-0.39, 0.29) is 5.69 Å². The highest BCUT2D eigenvalue weighted by molar-refractivity contribution is 6.31. The second kappa shape index (κ2) is 7.96. The molecule has 2 aromatic rings. The maximum atomic E-state index is 12.9. The van der Waals surface area contributed by atoms with E-state index < -0.39 is 17.4 Å². The van der Waals surface area contributed by atoms with Crippen molar-refractivity contribution in [1.82, 2.24) is 19.6 Å². The summed E-state index contributed by atoms with van der Waals surface area (Å²) in [6, 6.07) is 4.97. The van der Waals surface area contributed by atoms with Gasteiger partial charge < -0.3 is 14.5 Å². The normalized spacial score (nSPS) is 14.5. The molecule has 2 heterocycles. The summed E-state index contributed by atoms with van der Waals surface area (Å²) >= 11 is 6.02. The van der Waals surface area contributed by atoms with Crippen LogP contribution in [0.15, 0.2) is 23.0 Å². The van der Waals surface area contributed by atoms with Gasteiger partial charge in [-0.3, -0.25) is 14.3 Å². The number of benzene rings is 1. The first-order chi connectivity index (χ1) is 13.0. The Balaban J connectivity index is 1.87. The monoisotopic (exact) mass is 392 g/mol. The van der Waals surface area contributed by atoms with Crippen LogP contribution in [0.5, 0.6) is 0 Å². The Morgan fingerprint density at radius 2 is 1.81 bits per heavy atom. The molecule has 1 saturated heterocycles. The number of carbonyl (C=O) groups excluding carboxylic acids is 2. The summed E-state index contributed by atoms with van der Waals surface area (Å²) in [7, 11) is 0. The van der Waals surface area contributed by atoms with Crippen LogP contribution in [0.25, 0.3) is 10.9 Å². The summed E-state index contributed by atoms with van der Waals surface area (Å²) in [6.45, 7) is 5.79. The largest absolute Gasteiger partial charge is 0.450 e. The number of ether oxygens (including phenoxy) is 1. The lowest BCUT2D eigenvalue weighted by Crippen LogP contribution is -2.51. The van der Waals surface area contributed by atoms with E-state index in [4.69, 9.17) is 16.3 Å². The first-order valence-corrected chi connectivity index (χ1v) is 9.25. The summed E-state index contributed by atoms with van der Waals surface area (Å²) < 4.78 is 6.60. The van der Waals surface area contributed by atoms with Gasteiger partial charge >= 0.3 is 6.09 Å². The number of aromatic nitrogens is 2. The fourth-order valence-electron chi connectivity index (χ4n) is 3.10. The Kier molecular flexibility index (Phi) is 5.65. The van der Waals surface area contributed by atoms with Crippen LogP contribution in [-0.4, -0.2) is 64.4 Å². The SMILES string of the molecule is CCOC(=O)N1CCN(C(=O)c2nn(CC)c3ccc(Cl)cc3c2=O)CC1. The predicted octanol–water partition coefficient (Wildman–Crippen LogP) is 1.98. The standard InChI is InChI=1S/C18H21ClN4O4/c1-3-23-14-6-5-12(19)11-13(14)16(24)15(20-23)17(25)21-7-9-22(10-8-21)18(26)27-4-2/h5-6,11H,3-4,7-10H2,1-2H3. The third-order valence-electron chi connectivity index (χ3n) is 4.51. The van der Waals surface area contributed by atoms with Gasteiger partial charge in [-0.05, 0) is 32.0 Å². The molecule has 9 heteroatoms. The number of aryl methyl sites for hydroxylation is 1. The third kappa shape index (κ3) is 3.75. The zero-order chi connectivity index (χ0) is 19.6. The summed E-state index contributed by atoms with van der Waals surface area (Å²) in [5.74, 6) is -0.437. The molecule has 0 radical (unpaired) electrons. The Labute approximate surface area is 161 Å². The van der Waals surface area contributed by atoms with Crippen LogP contribution in [0.1, 0.15) is 24.3 Å². The van der Waals surface area contributed by atoms with Gasteiger partial charge in [0.05, 0.1) is 17.5 Å². The first kappa shape index (κ1) is 19.2. The molecule has 1 aromatic carbocycles. The Bertz CT molecular complexity index is 935. The van der Waals surface area contributed by atoms with Gasteiger partial charge in [-0.15, -0.1) is 0 Å². The van der Waals surface area contributed by atoms with Crippen LogP contribution in [-0.2, 0) is 11.3 Å². The van der Waals surface area contributed by atoms with Crippen molar-refractivity contribution >= 4 is 34.5 Å². The number of amides is 2. The second-order valence-electron chi connectivity index (χ2n) is 6.13. The molecular weight excluding hydrogens is 372 g/mol. The van der Waals surface area contributed by atoms with E-state index in [1.165, 1.54) is 4.90 Å². The lowest BCUT2D eigenvalue weighted by atomic mass is 10.1. The van der Waals surface area contributed by atoms with Crippen LogP contribution in [0.2, 0.25) is 5.02 Å². The van der Waals surface area contributed by atoms with Crippen molar-refractivity contribution in [3.8, 4) is 0 Å². The summed E-state index contributed by atoms with van der Waals surface area (Å²) in [5, 5.41) is 5.07. The third-order valence-corrected chi connectivity index (χ3v) is 4.75. The van der Waals surface area contributed by atoms with Gasteiger partial charge in [0.1, 0.15) is 0 Å². The van der Waals surface area contributed by atoms with Crippen molar-refractivity contribution in [2.24, 2.45) is 0 Å². The second-order valence-corrected chi connectivity index (χ2v) is 6.57. The van der Waals surface area contributed by atoms with Crippen molar-refractivity contribution < 1.29 is 14.3 Å². The van der Waals surface area contributed by atoms with E-state index >= 15 is 0 Å². The molecule has 0 aliphatic carbocycles. The predicted molar refractivity (Wildman–Crippen MR) is 101 cm³/mol. The van der Waals surface area contributed by atoms with E-state index in [2.05, 4.69) is 5.10 Å². The minimum Gasteiger partial charge on any atom is -0.450 e. The maximum absolute atomic E-state index is 12.9. The van der Waals surface area contributed by atoms with Crippen LogP contribution < -0.4 is 5.43 Å². The van der Waals surface area contributed by atoms with Crippen molar-refractivity contribution in [1.29, 1.82) is 0 Å². The molecule has 0 saturated carbocycles. The number of piperazine rings is 1. The van der Waals surface area contributed by atoms with Gasteiger partial charge in [0.15, 0.2) is 5.69 Å². The highest BCUT2D eigenvalue weighted by atomic mass is 35.5. The van der Waals surface area contributed by atoms with E-state index in [1.54, 1.807) is 34.7 Å². The number of fused-ring (bicyclic) bond motifs is 1. The van der Waals surface area contributed by atoms with E-state index in [0.717, 1.165) is 0 Å². The molecule has 144 valence electrons. The molecule has 3 rings (SSSR count). The molecule has 0 bridgehead atoms. The van der Waals surface area contributed by atoms with Gasteiger partial charge in [-0.2, -0.15) is 5.10 Å². The van der Waals surface area contributed by atoms with Gasteiger partial charge in [0, 0.05) is 37.7 Å². The summed E-state index contributed by atoms with van der Waals surface area (Å²) in [6.07, 6.45) is -0.392. The fraction of sp³-hybridized carbons (Fsp3) is 0.444. The molecule has 27 heavy (non-hydrogen) atoms. The highest BCUT2D eigenvalue weighted by Gasteiger charge is 2.28. The molecule has 1 aliphatic heterocycles. The van der Waals surface area contributed by atoms with Crippen LogP contribution in [0.4, 0.5) is 4.79 Å². The average molecular weight is 393 g/mol. The lowest BCUT2D eigenvalue weighted by Gasteiger charge is -2.33. The zero-order valence-electron chi connectivity index (χ0n) is 15.3. The maximum Gasteiger partial charge on any atom is 0.409 e. The molecule has 1 aromatic heterocycles. The molecule has 1 fully saturated rings. The molecule has 0 N–H and O–H groups in total. The highest BCUT2D eigenvalue weighted by Crippen LogP contribution is 2.17. The van der Waals surface area contributed by atoms with Crippen molar-refractivity contribution in [2.45, 2.75) is 20.4 Å². The molecule has 8 nitrogen and oxygen atoms in total. The van der Waals surface area contributed by atoms with Crippen molar-refractivity contribution in [3.63, 3.8) is 0 Å². The van der Waals surface area contributed by atoms with Gasteiger partial charge in [-0.1, -0.05) is 11.6 Å². The summed E-state index contributed by atoms with van der Waals surface area (Å²) in [5.41, 5.74) is 0.0711. The van der Waals surface area contributed by atoms with E-state index in [0.29, 0.717) is 55.3 Å². The molecule has 0 spiro atoms. The Morgan fingerprint density at radius 3 is 2.44 bits per heavy atom. The molecular formula is C18H21ClN4O4. The smallest absolute Gasteiger partial charge is 0.409 e. The summed E-state index contributed by atoms with van der Waals surface area (Å²) in [4.78, 5) is 40.6. The fourth-order valence-corrected chi connectivity index (χ4v) is 3.27. The average Bonchev–Trinajstić information content (AvgIpc) is 2.68. The molecule has 2 amide bonds. The van der Waals surface area contributed by atoms with Crippen LogP contribution >= 0.6 is 11.6 Å². The minimum absolute atomic E-state index is 0.129. The molecule has 0 atom stereocenters. The minimum atomic E-state index is -0.437. The Morgan fingerprint density at radius 1 is 1.15 bits per heavy atom. The Hall–Kier alpha value is -2.61. The van der Waals surface area contributed by atoms with Gasteiger partial charge in [0.2, 0.25) is 5.43 Å². The topological polar surface area (TPSA) is 84.7 Å². The quantitative estimate of drug-likeness (QED) is 0.797. The molecule has 0 unspecified atom stereocenters. The number of nitrogens with zero attached hydrogens (tertiary/aromatic N) is 4. The number of carbonyl (C=O) groups is 2. The van der Waals surface area contributed by atoms with Crippen LogP contribution in [0.3, 0.4) is 0 Å². The van der Waals surface area contributed by atoms with E-state index in [1.807, 2.05) is 6.92 Å². The van der Waals surface area contributed by atoms with Crippen molar-refractivity contribution in [3.05, 3.63) is 39.1 Å². The van der Waals surface area contributed by atoms with E-state index in [9.17, 15) is 14.4 Å². The van der Waals surface area contributed by atoms with Gasteiger partial charge in [-0.25, -0.2) is 4.79 Å². The molecule has 1 aliphatic rings. The van der Waals surface area contributed by atoms with Crippen LogP contribution in [0, 0.1) is 0 Å². The number of rotatable bonds is 3. The van der Waals surface area contributed by atoms with Crippen molar-refractivity contribution in [2.75, 3.05) is 32.8 Å². The zero-order valence-corrected chi connectivity index (χ0v) is 16.0. The van der Waals surface area contributed by atoms with Gasteiger partial charge in [0.25, 0.3) is 5.91 Å². The number of hydrogen-bond donors (Lipinski definition) is 0. The lowest BCUT2D eigenvalue weighted by molar-refractivity contribution is 0.0563. The number of halogens is 1.